The molecule has 82 valence electrons. The van der Waals surface area contributed by atoms with Gasteiger partial charge in [-0.2, -0.15) is 13.2 Å². The van der Waals surface area contributed by atoms with Gasteiger partial charge in [0.2, 0.25) is 0 Å². The van der Waals surface area contributed by atoms with Crippen LogP contribution in [0, 0.1) is 0 Å². The van der Waals surface area contributed by atoms with Crippen molar-refractivity contribution in [1.82, 2.24) is 4.98 Å². The third-order valence-corrected chi connectivity index (χ3v) is 1.71. The van der Waals surface area contributed by atoms with Gasteiger partial charge in [-0.3, -0.25) is 5.32 Å². The lowest BCUT2D eigenvalue weighted by atomic mass is 10.2. The van der Waals surface area contributed by atoms with E-state index in [9.17, 15) is 18.0 Å². The van der Waals surface area contributed by atoms with Crippen molar-refractivity contribution in [3.05, 3.63) is 23.0 Å². The summed E-state index contributed by atoms with van der Waals surface area (Å²) in [6.45, 7) is 0. The van der Waals surface area contributed by atoms with Gasteiger partial charge in [0.05, 0.1) is 11.3 Å². The number of hydrogen-bond donors (Lipinski definition) is 2. The van der Waals surface area contributed by atoms with Crippen molar-refractivity contribution in [2.24, 2.45) is 0 Å². The molecule has 0 saturated carbocycles. The topological polar surface area (TPSA) is 62.2 Å². The fourth-order valence-corrected chi connectivity index (χ4v) is 0.957. The number of carbonyl (C=O) groups is 1. The van der Waals surface area contributed by atoms with E-state index in [1.165, 1.54) is 0 Å². The number of halogens is 4. The van der Waals surface area contributed by atoms with Crippen molar-refractivity contribution >= 4 is 23.4 Å². The highest BCUT2D eigenvalue weighted by atomic mass is 35.5. The molecule has 0 aromatic carbocycles. The Morgan fingerprint density at radius 2 is 2.13 bits per heavy atom. The molecule has 1 heterocycles. The van der Waals surface area contributed by atoms with Crippen LogP contribution in [0.15, 0.2) is 12.3 Å². The maximum Gasteiger partial charge on any atom is 0.417 e. The highest BCUT2D eigenvalue weighted by Crippen LogP contribution is 2.32. The number of alkyl halides is 3. The normalized spacial score (nSPS) is 11.2. The molecule has 0 unspecified atom stereocenters. The number of pyridine rings is 1. The third-order valence-electron chi connectivity index (χ3n) is 1.41. The fraction of sp³-hybridized carbons (Fsp3) is 0.143. The first kappa shape index (κ1) is 11.6. The van der Waals surface area contributed by atoms with E-state index in [4.69, 9.17) is 16.7 Å². The summed E-state index contributed by atoms with van der Waals surface area (Å²) in [6, 6.07) is 0.573. The van der Waals surface area contributed by atoms with Crippen LogP contribution in [0.5, 0.6) is 0 Å². The maximum absolute atomic E-state index is 12.2. The van der Waals surface area contributed by atoms with Crippen LogP contribution in [0.2, 0.25) is 5.15 Å². The Hall–Kier alpha value is -1.50. The Labute approximate surface area is 86.7 Å². The van der Waals surface area contributed by atoms with Crippen LogP contribution in [0.25, 0.3) is 0 Å². The van der Waals surface area contributed by atoms with Crippen LogP contribution in [-0.2, 0) is 6.18 Å². The van der Waals surface area contributed by atoms with Crippen molar-refractivity contribution < 1.29 is 23.1 Å². The molecule has 0 saturated heterocycles. The lowest BCUT2D eigenvalue weighted by molar-refractivity contribution is -0.137. The number of nitrogens with one attached hydrogen (secondary N) is 1. The van der Waals surface area contributed by atoms with E-state index in [0.29, 0.717) is 12.3 Å². The smallest absolute Gasteiger partial charge is 0.417 e. The quantitative estimate of drug-likeness (QED) is 0.742. The van der Waals surface area contributed by atoms with Gasteiger partial charge in [0, 0.05) is 6.20 Å². The lowest BCUT2D eigenvalue weighted by Gasteiger charge is -2.08. The second kappa shape index (κ2) is 3.93. The van der Waals surface area contributed by atoms with E-state index in [-0.39, 0.29) is 5.15 Å². The molecule has 0 aliphatic rings. The summed E-state index contributed by atoms with van der Waals surface area (Å²) in [5.74, 6) is 0. The van der Waals surface area contributed by atoms with Crippen molar-refractivity contribution in [3.8, 4) is 0 Å². The summed E-state index contributed by atoms with van der Waals surface area (Å²) in [4.78, 5) is 13.4. The number of hydrogen-bond acceptors (Lipinski definition) is 2. The predicted octanol–water partition coefficient (Wildman–Crippen LogP) is 2.84. The largest absolute Gasteiger partial charge is 0.465 e. The summed E-state index contributed by atoms with van der Waals surface area (Å²) in [6.07, 6.45) is -5.58. The first-order valence-electron chi connectivity index (χ1n) is 3.53. The number of amides is 1. The molecule has 15 heavy (non-hydrogen) atoms. The monoisotopic (exact) mass is 240 g/mol. The average Bonchev–Trinajstić information content (AvgIpc) is 2.06. The Morgan fingerprint density at radius 3 is 2.60 bits per heavy atom. The van der Waals surface area contributed by atoms with Crippen molar-refractivity contribution in [2.75, 3.05) is 5.32 Å². The molecule has 4 nitrogen and oxygen atoms in total. The zero-order chi connectivity index (χ0) is 11.6. The molecular weight excluding hydrogens is 237 g/mol. The molecule has 1 rings (SSSR count). The SMILES string of the molecule is O=C(O)Nc1cc(C(F)(F)F)cnc1Cl. The minimum absolute atomic E-state index is 0.342. The van der Waals surface area contributed by atoms with Gasteiger partial charge in [-0.1, -0.05) is 11.6 Å². The molecule has 0 radical (unpaired) electrons. The Morgan fingerprint density at radius 1 is 1.53 bits per heavy atom. The number of carboxylic acid groups (broad SMARTS) is 1. The van der Waals surface area contributed by atoms with Crippen LogP contribution in [0.1, 0.15) is 5.56 Å². The molecule has 0 spiro atoms. The van der Waals surface area contributed by atoms with Gasteiger partial charge in [0.1, 0.15) is 0 Å². The number of nitrogens with zero attached hydrogens (tertiary/aromatic N) is 1. The fourth-order valence-electron chi connectivity index (χ4n) is 0.806. The van der Waals surface area contributed by atoms with E-state index >= 15 is 0 Å². The van der Waals surface area contributed by atoms with E-state index in [2.05, 4.69) is 4.98 Å². The average molecular weight is 241 g/mol. The van der Waals surface area contributed by atoms with Gasteiger partial charge in [0.15, 0.2) is 5.15 Å². The van der Waals surface area contributed by atoms with Crippen LogP contribution in [-0.4, -0.2) is 16.2 Å². The van der Waals surface area contributed by atoms with Crippen LogP contribution in [0.3, 0.4) is 0 Å². The summed E-state index contributed by atoms with van der Waals surface area (Å²) in [7, 11) is 0. The first-order valence-corrected chi connectivity index (χ1v) is 3.91. The molecular formula is C7H4ClF3N2O2. The van der Waals surface area contributed by atoms with E-state index in [1.54, 1.807) is 5.32 Å². The number of rotatable bonds is 1. The summed E-state index contributed by atoms with van der Waals surface area (Å²) in [5.41, 5.74) is -1.48. The minimum atomic E-state index is -4.59. The summed E-state index contributed by atoms with van der Waals surface area (Å²) >= 11 is 5.39. The van der Waals surface area contributed by atoms with E-state index in [0.717, 1.165) is 0 Å². The summed E-state index contributed by atoms with van der Waals surface area (Å²) < 4.78 is 36.5. The predicted molar refractivity (Wildman–Crippen MR) is 45.9 cm³/mol. The minimum Gasteiger partial charge on any atom is -0.465 e. The second-order valence-electron chi connectivity index (χ2n) is 2.49. The van der Waals surface area contributed by atoms with E-state index < -0.39 is 23.5 Å². The molecule has 0 aliphatic carbocycles. The van der Waals surface area contributed by atoms with Gasteiger partial charge in [-0.05, 0) is 6.07 Å². The molecule has 1 aromatic heterocycles. The molecule has 8 heteroatoms. The highest BCUT2D eigenvalue weighted by Gasteiger charge is 2.31. The van der Waals surface area contributed by atoms with Crippen molar-refractivity contribution in [3.63, 3.8) is 0 Å². The molecule has 1 amide bonds. The molecule has 1 aromatic rings. The van der Waals surface area contributed by atoms with Crippen molar-refractivity contribution in [1.29, 1.82) is 0 Å². The highest BCUT2D eigenvalue weighted by molar-refractivity contribution is 6.32. The molecule has 0 atom stereocenters. The van der Waals surface area contributed by atoms with Crippen LogP contribution < -0.4 is 5.32 Å². The Balaban J connectivity index is 3.11. The Bertz CT molecular complexity index is 394. The second-order valence-corrected chi connectivity index (χ2v) is 2.85. The van der Waals surface area contributed by atoms with Gasteiger partial charge < -0.3 is 5.11 Å². The summed E-state index contributed by atoms with van der Waals surface area (Å²) in [5, 5.41) is 9.67. The zero-order valence-corrected chi connectivity index (χ0v) is 7.73. The lowest BCUT2D eigenvalue weighted by Crippen LogP contribution is -2.11. The Kier molecular flexibility index (Phi) is 3.04. The number of anilines is 1. The van der Waals surface area contributed by atoms with E-state index in [1.807, 2.05) is 0 Å². The van der Waals surface area contributed by atoms with Crippen LogP contribution >= 0.6 is 11.6 Å². The van der Waals surface area contributed by atoms with Crippen molar-refractivity contribution in [2.45, 2.75) is 6.18 Å². The molecule has 2 N–H and O–H groups in total. The molecule has 0 fully saturated rings. The molecule has 0 aliphatic heterocycles. The van der Waals surface area contributed by atoms with Gasteiger partial charge in [0.25, 0.3) is 0 Å². The zero-order valence-electron chi connectivity index (χ0n) is 6.97. The standard InChI is InChI=1S/C7H4ClF3N2O2/c8-5-4(13-6(14)15)1-3(2-12-5)7(9,10)11/h1-2,13H,(H,14,15). The van der Waals surface area contributed by atoms with Gasteiger partial charge in [-0.15, -0.1) is 0 Å². The molecule has 0 bridgehead atoms. The maximum atomic E-state index is 12.2. The first-order chi connectivity index (χ1) is 6.80. The third kappa shape index (κ3) is 2.98. The van der Waals surface area contributed by atoms with Gasteiger partial charge in [-0.25, -0.2) is 9.78 Å². The number of aromatic nitrogens is 1. The van der Waals surface area contributed by atoms with Gasteiger partial charge >= 0.3 is 12.3 Å². The van der Waals surface area contributed by atoms with Crippen LogP contribution in [0.4, 0.5) is 23.7 Å².